The zero-order valence-electron chi connectivity index (χ0n) is 11.6. The van der Waals surface area contributed by atoms with Gasteiger partial charge in [0.15, 0.2) is 5.13 Å². The summed E-state index contributed by atoms with van der Waals surface area (Å²) in [5, 5.41) is 20.3. The van der Waals surface area contributed by atoms with E-state index < -0.39 is 5.97 Å². The van der Waals surface area contributed by atoms with E-state index in [9.17, 15) is 4.79 Å². The lowest BCUT2D eigenvalue weighted by atomic mass is 10.1. The molecule has 6 heteroatoms. The van der Waals surface area contributed by atoms with Gasteiger partial charge in [0.1, 0.15) is 0 Å². The zero-order chi connectivity index (χ0) is 15.2. The zero-order valence-corrected chi connectivity index (χ0v) is 12.4. The molecule has 2 aromatic rings. The molecular weight excluding hydrogens is 286 g/mol. The molecule has 0 spiro atoms. The largest absolute Gasteiger partial charge is 0.481 e. The first-order chi connectivity index (χ1) is 10.1. The average molecular weight is 301 g/mol. The fraction of sp³-hybridized carbons (Fsp3) is 0.267. The van der Waals surface area contributed by atoms with Crippen molar-refractivity contribution in [1.82, 2.24) is 4.98 Å². The molecule has 0 radical (unpaired) electrons. The number of nitrogens with zero attached hydrogens (tertiary/aromatic N) is 3. The minimum absolute atomic E-state index is 0.0943. The number of carboxylic acids is 1. The summed E-state index contributed by atoms with van der Waals surface area (Å²) in [5.41, 5.74) is 2.48. The lowest BCUT2D eigenvalue weighted by Gasteiger charge is -2.15. The molecule has 21 heavy (non-hydrogen) atoms. The van der Waals surface area contributed by atoms with Crippen LogP contribution in [0.25, 0.3) is 0 Å². The highest BCUT2D eigenvalue weighted by molar-refractivity contribution is 7.13. The fourth-order valence-corrected chi connectivity index (χ4v) is 2.73. The Bertz CT molecular complexity index is 676. The topological polar surface area (TPSA) is 77.2 Å². The SMILES string of the molecule is CN(Cc1cccc(C#N)c1)c1nc(CCC(=O)O)cs1. The summed E-state index contributed by atoms with van der Waals surface area (Å²) in [6.45, 7) is 0.654. The number of carboxylic acid groups (broad SMARTS) is 1. The summed E-state index contributed by atoms with van der Waals surface area (Å²) < 4.78 is 0. The van der Waals surface area contributed by atoms with Gasteiger partial charge in [-0.25, -0.2) is 4.98 Å². The van der Waals surface area contributed by atoms with Crippen molar-refractivity contribution in [2.45, 2.75) is 19.4 Å². The second-order valence-corrected chi connectivity index (χ2v) is 5.52. The molecule has 0 fully saturated rings. The number of aryl methyl sites for hydroxylation is 1. The summed E-state index contributed by atoms with van der Waals surface area (Å²) in [6, 6.07) is 9.59. The molecular formula is C15H15N3O2S. The van der Waals surface area contributed by atoms with Crippen molar-refractivity contribution in [3.05, 3.63) is 46.5 Å². The van der Waals surface area contributed by atoms with Gasteiger partial charge in [-0.05, 0) is 17.7 Å². The summed E-state index contributed by atoms with van der Waals surface area (Å²) in [4.78, 5) is 17.0. The molecule has 0 atom stereocenters. The van der Waals surface area contributed by atoms with Crippen LogP contribution >= 0.6 is 11.3 Å². The molecule has 1 aromatic carbocycles. The van der Waals surface area contributed by atoms with Crippen LogP contribution in [-0.4, -0.2) is 23.1 Å². The molecule has 2 rings (SSSR count). The lowest BCUT2D eigenvalue weighted by Crippen LogP contribution is -2.16. The van der Waals surface area contributed by atoms with Crippen molar-refractivity contribution in [3.63, 3.8) is 0 Å². The van der Waals surface area contributed by atoms with Gasteiger partial charge in [-0.3, -0.25) is 4.79 Å². The number of rotatable bonds is 6. The van der Waals surface area contributed by atoms with Gasteiger partial charge in [0.25, 0.3) is 0 Å². The van der Waals surface area contributed by atoms with E-state index in [1.165, 1.54) is 11.3 Å². The third-order valence-electron chi connectivity index (χ3n) is 2.94. The van der Waals surface area contributed by atoms with Crippen molar-refractivity contribution in [1.29, 1.82) is 5.26 Å². The maximum Gasteiger partial charge on any atom is 0.303 e. The van der Waals surface area contributed by atoms with E-state index >= 15 is 0 Å². The first-order valence-electron chi connectivity index (χ1n) is 6.45. The first-order valence-corrected chi connectivity index (χ1v) is 7.33. The van der Waals surface area contributed by atoms with Crippen LogP contribution in [0.2, 0.25) is 0 Å². The van der Waals surface area contributed by atoms with Crippen molar-refractivity contribution >= 4 is 22.4 Å². The van der Waals surface area contributed by atoms with Crippen LogP contribution in [0.3, 0.4) is 0 Å². The number of hydrogen-bond acceptors (Lipinski definition) is 5. The van der Waals surface area contributed by atoms with E-state index in [4.69, 9.17) is 10.4 Å². The maximum absolute atomic E-state index is 10.6. The monoisotopic (exact) mass is 301 g/mol. The lowest BCUT2D eigenvalue weighted by molar-refractivity contribution is -0.136. The van der Waals surface area contributed by atoms with Gasteiger partial charge in [0, 0.05) is 25.4 Å². The highest BCUT2D eigenvalue weighted by Gasteiger charge is 2.09. The Kier molecular flexibility index (Phi) is 4.90. The van der Waals surface area contributed by atoms with Crippen molar-refractivity contribution < 1.29 is 9.90 Å². The predicted molar refractivity (Wildman–Crippen MR) is 81.3 cm³/mol. The smallest absolute Gasteiger partial charge is 0.303 e. The van der Waals surface area contributed by atoms with Crippen LogP contribution in [0.4, 0.5) is 5.13 Å². The van der Waals surface area contributed by atoms with E-state index in [1.807, 2.05) is 35.5 Å². The third-order valence-corrected chi connectivity index (χ3v) is 3.94. The second kappa shape index (κ2) is 6.86. The van der Waals surface area contributed by atoms with Crippen LogP contribution in [0.5, 0.6) is 0 Å². The maximum atomic E-state index is 10.6. The van der Waals surface area contributed by atoms with Crippen LogP contribution in [0, 0.1) is 11.3 Å². The van der Waals surface area contributed by atoms with Gasteiger partial charge in [-0.15, -0.1) is 11.3 Å². The van der Waals surface area contributed by atoms with Gasteiger partial charge in [-0.2, -0.15) is 5.26 Å². The highest BCUT2D eigenvalue weighted by atomic mass is 32.1. The normalized spacial score (nSPS) is 10.1. The van der Waals surface area contributed by atoms with E-state index in [1.54, 1.807) is 6.07 Å². The van der Waals surface area contributed by atoms with Crippen molar-refractivity contribution in [3.8, 4) is 6.07 Å². The summed E-state index contributed by atoms with van der Waals surface area (Å²) in [6.07, 6.45) is 0.542. The number of benzene rings is 1. The molecule has 1 heterocycles. The standard InChI is InChI=1S/C15H15N3O2S/c1-18(9-12-4-2-3-11(7-12)8-16)15-17-13(10-21-15)5-6-14(19)20/h2-4,7,10H,5-6,9H2,1H3,(H,19,20). The van der Waals surface area contributed by atoms with E-state index in [2.05, 4.69) is 11.1 Å². The summed E-state index contributed by atoms with van der Waals surface area (Å²) in [5.74, 6) is -0.814. The molecule has 0 bridgehead atoms. The quantitative estimate of drug-likeness (QED) is 0.887. The third kappa shape index (κ3) is 4.29. The van der Waals surface area contributed by atoms with Gasteiger partial charge >= 0.3 is 5.97 Å². The predicted octanol–water partition coefficient (Wildman–Crippen LogP) is 2.67. The Balaban J connectivity index is 2.01. The Hall–Kier alpha value is -2.39. The number of carbonyl (C=O) groups is 1. The number of aliphatic carboxylic acids is 1. The number of nitriles is 1. The minimum atomic E-state index is -0.814. The Morgan fingerprint density at radius 2 is 2.33 bits per heavy atom. The average Bonchev–Trinajstić information content (AvgIpc) is 2.94. The molecule has 0 saturated carbocycles. The van der Waals surface area contributed by atoms with E-state index in [0.29, 0.717) is 18.5 Å². The number of anilines is 1. The van der Waals surface area contributed by atoms with Gasteiger partial charge < -0.3 is 10.0 Å². The van der Waals surface area contributed by atoms with E-state index in [0.717, 1.165) is 16.4 Å². The molecule has 5 nitrogen and oxygen atoms in total. The molecule has 0 saturated heterocycles. The molecule has 1 N–H and O–H groups in total. The van der Waals surface area contributed by atoms with Crippen LogP contribution in [0.1, 0.15) is 23.2 Å². The van der Waals surface area contributed by atoms with Crippen LogP contribution in [-0.2, 0) is 17.8 Å². The van der Waals surface area contributed by atoms with Crippen LogP contribution in [0.15, 0.2) is 29.6 Å². The summed E-state index contributed by atoms with van der Waals surface area (Å²) >= 11 is 1.50. The van der Waals surface area contributed by atoms with Crippen molar-refractivity contribution in [2.75, 3.05) is 11.9 Å². The van der Waals surface area contributed by atoms with Gasteiger partial charge in [-0.1, -0.05) is 12.1 Å². The van der Waals surface area contributed by atoms with Crippen molar-refractivity contribution in [2.24, 2.45) is 0 Å². The van der Waals surface area contributed by atoms with E-state index in [-0.39, 0.29) is 6.42 Å². The first kappa shape index (κ1) is 15.0. The molecule has 0 aliphatic heterocycles. The van der Waals surface area contributed by atoms with Crippen LogP contribution < -0.4 is 4.90 Å². The Labute approximate surface area is 127 Å². The number of hydrogen-bond donors (Lipinski definition) is 1. The van der Waals surface area contributed by atoms with Gasteiger partial charge in [0.05, 0.1) is 23.7 Å². The number of aromatic nitrogens is 1. The molecule has 0 aliphatic carbocycles. The fourth-order valence-electron chi connectivity index (χ4n) is 1.90. The number of thiazole rings is 1. The Morgan fingerprint density at radius 3 is 3.05 bits per heavy atom. The molecule has 108 valence electrons. The minimum Gasteiger partial charge on any atom is -0.481 e. The summed E-state index contributed by atoms with van der Waals surface area (Å²) in [7, 11) is 1.93. The highest BCUT2D eigenvalue weighted by Crippen LogP contribution is 2.22. The molecule has 0 aliphatic rings. The second-order valence-electron chi connectivity index (χ2n) is 4.68. The Morgan fingerprint density at radius 1 is 1.52 bits per heavy atom. The molecule has 0 unspecified atom stereocenters. The molecule has 1 aromatic heterocycles. The molecule has 0 amide bonds. The van der Waals surface area contributed by atoms with Gasteiger partial charge in [0.2, 0.25) is 0 Å².